The van der Waals surface area contributed by atoms with Crippen molar-refractivity contribution in [2.75, 3.05) is 12.4 Å². The Bertz CT molecular complexity index is 644. The highest BCUT2D eigenvalue weighted by atomic mass is 35.5. The molecule has 1 aromatic heterocycles. The number of alkyl halides is 3. The van der Waals surface area contributed by atoms with E-state index >= 15 is 0 Å². The number of nitrogens with one attached hydrogen (secondary N) is 1. The molecule has 0 amide bonds. The zero-order chi connectivity index (χ0) is 14.9. The molecular weight excluding hydrogens is 314 g/mol. The van der Waals surface area contributed by atoms with Gasteiger partial charge in [0.15, 0.2) is 0 Å². The standard InChI is InChI=1S/C12H7Cl2F3N3/c1-18-10-5-9(19-11(14)20-10)7-4-6(13)2-3-8(7)12(15,16)17/h2-4H,1H3,(H,18,19,20). The van der Waals surface area contributed by atoms with E-state index in [2.05, 4.69) is 21.4 Å². The summed E-state index contributed by atoms with van der Waals surface area (Å²) in [6.45, 7) is 0. The molecule has 3 nitrogen and oxygen atoms in total. The van der Waals surface area contributed by atoms with Gasteiger partial charge in [0.1, 0.15) is 5.82 Å². The Balaban J connectivity index is 2.68. The van der Waals surface area contributed by atoms with Crippen molar-refractivity contribution in [1.82, 2.24) is 9.97 Å². The van der Waals surface area contributed by atoms with Crippen molar-refractivity contribution in [3.63, 3.8) is 0 Å². The second kappa shape index (κ2) is 5.46. The molecule has 105 valence electrons. The maximum Gasteiger partial charge on any atom is 0.417 e. The van der Waals surface area contributed by atoms with Crippen LogP contribution in [0.1, 0.15) is 5.56 Å². The van der Waals surface area contributed by atoms with Crippen LogP contribution in [0.15, 0.2) is 18.2 Å². The summed E-state index contributed by atoms with van der Waals surface area (Å²) >= 11 is 11.4. The molecule has 1 aromatic carbocycles. The van der Waals surface area contributed by atoms with Gasteiger partial charge in [-0.1, -0.05) is 11.6 Å². The minimum Gasteiger partial charge on any atom is -0.372 e. The number of hydrogen-bond acceptors (Lipinski definition) is 3. The van der Waals surface area contributed by atoms with Gasteiger partial charge in [-0.25, -0.2) is 9.97 Å². The van der Waals surface area contributed by atoms with Crippen LogP contribution in [0.3, 0.4) is 0 Å². The fraction of sp³-hybridized carbons (Fsp3) is 0.167. The monoisotopic (exact) mass is 320 g/mol. The zero-order valence-electron chi connectivity index (χ0n) is 10.0. The summed E-state index contributed by atoms with van der Waals surface area (Å²) < 4.78 is 39.0. The van der Waals surface area contributed by atoms with Crippen LogP contribution < -0.4 is 5.32 Å². The summed E-state index contributed by atoms with van der Waals surface area (Å²) in [5, 5.41) is 2.62. The molecule has 0 saturated carbocycles. The Morgan fingerprint density at radius 1 is 1.20 bits per heavy atom. The Kier molecular flexibility index (Phi) is 4.06. The van der Waals surface area contributed by atoms with Crippen LogP contribution in [0.25, 0.3) is 11.3 Å². The quantitative estimate of drug-likeness (QED) is 0.838. The second-order valence-electron chi connectivity index (χ2n) is 3.75. The lowest BCUT2D eigenvalue weighted by Crippen LogP contribution is -2.08. The van der Waals surface area contributed by atoms with Gasteiger partial charge in [0.25, 0.3) is 0 Å². The highest BCUT2D eigenvalue weighted by molar-refractivity contribution is 6.31. The molecule has 2 rings (SSSR count). The third-order valence-electron chi connectivity index (χ3n) is 2.42. The minimum absolute atomic E-state index is 0.0795. The van der Waals surface area contributed by atoms with Crippen LogP contribution in [-0.2, 0) is 6.18 Å². The predicted molar refractivity (Wildman–Crippen MR) is 70.9 cm³/mol. The molecule has 0 aliphatic heterocycles. The largest absolute Gasteiger partial charge is 0.417 e. The van der Waals surface area contributed by atoms with E-state index in [4.69, 9.17) is 23.2 Å². The van der Waals surface area contributed by atoms with Crippen LogP contribution in [0.2, 0.25) is 10.3 Å². The smallest absolute Gasteiger partial charge is 0.372 e. The number of rotatable bonds is 2. The van der Waals surface area contributed by atoms with Crippen molar-refractivity contribution < 1.29 is 13.2 Å². The molecule has 0 bridgehead atoms. The van der Waals surface area contributed by atoms with E-state index in [0.29, 0.717) is 0 Å². The second-order valence-corrected chi connectivity index (χ2v) is 4.53. The average molecular weight is 321 g/mol. The van der Waals surface area contributed by atoms with Crippen molar-refractivity contribution in [1.29, 1.82) is 0 Å². The summed E-state index contributed by atoms with van der Waals surface area (Å²) in [5.41, 5.74) is -1.15. The summed E-state index contributed by atoms with van der Waals surface area (Å²) in [6, 6.07) is 5.83. The summed E-state index contributed by atoms with van der Waals surface area (Å²) in [6.07, 6.45) is -4.54. The van der Waals surface area contributed by atoms with Crippen molar-refractivity contribution in [2.24, 2.45) is 0 Å². The van der Waals surface area contributed by atoms with E-state index in [0.717, 1.165) is 12.1 Å². The third kappa shape index (κ3) is 3.13. The summed E-state index contributed by atoms with van der Waals surface area (Å²) in [7, 11) is 1.54. The number of aromatic nitrogens is 2. The molecule has 0 atom stereocenters. The van der Waals surface area contributed by atoms with Crippen molar-refractivity contribution in [3.8, 4) is 11.3 Å². The first-order valence-electron chi connectivity index (χ1n) is 5.33. The SMILES string of the molecule is CNc1[c]c(-c2cc(Cl)ccc2C(F)(F)F)nc(Cl)n1. The zero-order valence-corrected chi connectivity index (χ0v) is 11.5. The van der Waals surface area contributed by atoms with E-state index in [1.807, 2.05) is 0 Å². The van der Waals surface area contributed by atoms with Gasteiger partial charge in [-0.3, -0.25) is 0 Å². The molecule has 0 aliphatic rings. The predicted octanol–water partition coefficient (Wildman–Crippen LogP) is 4.31. The van der Waals surface area contributed by atoms with Crippen LogP contribution in [0.4, 0.5) is 19.0 Å². The lowest BCUT2D eigenvalue weighted by molar-refractivity contribution is -0.137. The van der Waals surface area contributed by atoms with Gasteiger partial charge in [0, 0.05) is 17.6 Å². The van der Waals surface area contributed by atoms with E-state index in [9.17, 15) is 13.2 Å². The molecular formula is C12H7Cl2F3N3. The lowest BCUT2D eigenvalue weighted by Gasteiger charge is -2.13. The molecule has 0 unspecified atom stereocenters. The van der Waals surface area contributed by atoms with Crippen LogP contribution >= 0.6 is 23.2 Å². The van der Waals surface area contributed by atoms with Crippen molar-refractivity contribution >= 4 is 29.0 Å². The Hall–Kier alpha value is -1.53. The number of benzene rings is 1. The van der Waals surface area contributed by atoms with Crippen LogP contribution in [0, 0.1) is 6.07 Å². The number of hydrogen-bond donors (Lipinski definition) is 1. The van der Waals surface area contributed by atoms with E-state index in [1.165, 1.54) is 6.07 Å². The third-order valence-corrected chi connectivity index (χ3v) is 2.83. The van der Waals surface area contributed by atoms with Crippen molar-refractivity contribution in [3.05, 3.63) is 40.1 Å². The van der Waals surface area contributed by atoms with Gasteiger partial charge in [-0.2, -0.15) is 13.2 Å². The number of halogens is 5. The average Bonchev–Trinajstić information content (AvgIpc) is 2.36. The summed E-state index contributed by atoms with van der Waals surface area (Å²) in [4.78, 5) is 7.53. The normalized spacial score (nSPS) is 11.5. The number of nitrogens with zero attached hydrogens (tertiary/aromatic N) is 2. The maximum atomic E-state index is 13.0. The van der Waals surface area contributed by atoms with Gasteiger partial charge in [-0.15, -0.1) is 0 Å². The molecule has 0 saturated heterocycles. The van der Waals surface area contributed by atoms with Crippen molar-refractivity contribution in [2.45, 2.75) is 6.18 Å². The first-order chi connectivity index (χ1) is 9.31. The Morgan fingerprint density at radius 3 is 2.50 bits per heavy atom. The van der Waals surface area contributed by atoms with Gasteiger partial charge in [0.05, 0.1) is 17.3 Å². The molecule has 0 aliphatic carbocycles. The van der Waals surface area contributed by atoms with E-state index in [1.54, 1.807) is 7.05 Å². The maximum absolute atomic E-state index is 13.0. The highest BCUT2D eigenvalue weighted by Crippen LogP contribution is 2.38. The Labute approximate surface area is 122 Å². The van der Waals surface area contributed by atoms with Crippen LogP contribution in [-0.4, -0.2) is 17.0 Å². The van der Waals surface area contributed by atoms with Gasteiger partial charge < -0.3 is 5.32 Å². The number of anilines is 1. The highest BCUT2D eigenvalue weighted by Gasteiger charge is 2.34. The molecule has 8 heteroatoms. The fourth-order valence-corrected chi connectivity index (χ4v) is 1.92. The van der Waals surface area contributed by atoms with Crippen LogP contribution in [0.5, 0.6) is 0 Å². The van der Waals surface area contributed by atoms with Gasteiger partial charge in [0.2, 0.25) is 5.28 Å². The molecule has 1 N–H and O–H groups in total. The van der Waals surface area contributed by atoms with E-state index < -0.39 is 11.7 Å². The molecule has 1 radical (unpaired) electrons. The molecule has 2 aromatic rings. The molecule has 0 spiro atoms. The Morgan fingerprint density at radius 2 is 1.90 bits per heavy atom. The lowest BCUT2D eigenvalue weighted by atomic mass is 10.0. The van der Waals surface area contributed by atoms with Gasteiger partial charge >= 0.3 is 6.18 Å². The van der Waals surface area contributed by atoms with Gasteiger partial charge in [-0.05, 0) is 29.8 Å². The minimum atomic E-state index is -4.54. The fourth-order valence-electron chi connectivity index (χ4n) is 1.58. The molecule has 1 heterocycles. The summed E-state index contributed by atoms with van der Waals surface area (Å²) in [5.74, 6) is 0.188. The topological polar surface area (TPSA) is 37.8 Å². The first-order valence-corrected chi connectivity index (χ1v) is 6.08. The molecule has 20 heavy (non-hydrogen) atoms. The first kappa shape index (κ1) is 14.9. The molecule has 0 fully saturated rings. The van der Waals surface area contributed by atoms with E-state index in [-0.39, 0.29) is 27.4 Å².